The summed E-state index contributed by atoms with van der Waals surface area (Å²) in [5, 5.41) is 56.5. The molecule has 0 saturated heterocycles. The number of phenols is 1. The number of aliphatic hydroxyl groups excluding tert-OH is 2. The number of nitriles is 1. The van der Waals surface area contributed by atoms with Crippen LogP contribution in [0.2, 0.25) is 0 Å². The number of hydrogen-bond donors (Lipinski definition) is 5. The van der Waals surface area contributed by atoms with Crippen molar-refractivity contribution < 1.29 is 34.8 Å². The largest absolute Gasteiger partial charge is 0.507 e. The van der Waals surface area contributed by atoms with E-state index >= 15 is 0 Å². The van der Waals surface area contributed by atoms with Crippen LogP contribution in [0.3, 0.4) is 0 Å². The molecule has 0 radical (unpaired) electrons. The molecule has 1 fully saturated rings. The van der Waals surface area contributed by atoms with E-state index in [0.717, 1.165) is 0 Å². The average molecular weight is 513 g/mol. The first-order chi connectivity index (χ1) is 18.1. The van der Waals surface area contributed by atoms with Gasteiger partial charge in [-0.1, -0.05) is 30.3 Å². The number of hydrogen-bond acceptors (Lipinski definition) is 10. The van der Waals surface area contributed by atoms with Gasteiger partial charge in [-0.2, -0.15) is 5.26 Å². The number of Topliss-reactive ketones (excluding diaryl/α,β-unsaturated/α-hetero) is 2. The molecular formula is C27H19N3O8. The summed E-state index contributed by atoms with van der Waals surface area (Å²) in [6, 6.07) is 12.6. The molecule has 2 aromatic rings. The number of nitrogens with two attached hydrogens (primary N) is 1. The van der Waals surface area contributed by atoms with Crippen molar-refractivity contribution in [2.45, 2.75) is 18.1 Å². The highest BCUT2D eigenvalue weighted by Gasteiger charge is 2.65. The Kier molecular flexibility index (Phi) is 5.59. The summed E-state index contributed by atoms with van der Waals surface area (Å²) in [5.74, 6) is -8.27. The van der Waals surface area contributed by atoms with Crippen molar-refractivity contribution in [2.24, 2.45) is 22.7 Å². The molecule has 1 amide bonds. The highest BCUT2D eigenvalue weighted by atomic mass is 16.3. The fourth-order valence-electron chi connectivity index (χ4n) is 5.60. The highest BCUT2D eigenvalue weighted by Crippen LogP contribution is 2.55. The van der Waals surface area contributed by atoms with Gasteiger partial charge in [-0.05, 0) is 40.1 Å². The number of carbonyl (C=O) groups is 3. The second-order valence-corrected chi connectivity index (χ2v) is 9.28. The summed E-state index contributed by atoms with van der Waals surface area (Å²) < 4.78 is 0. The monoisotopic (exact) mass is 513 g/mol. The van der Waals surface area contributed by atoms with Crippen LogP contribution in [-0.4, -0.2) is 49.6 Å². The molecule has 0 spiro atoms. The molecule has 38 heavy (non-hydrogen) atoms. The fraction of sp³-hybridized carbons (Fsp3) is 0.185. The van der Waals surface area contributed by atoms with Gasteiger partial charge < -0.3 is 26.2 Å². The van der Waals surface area contributed by atoms with E-state index in [4.69, 9.17) is 11.0 Å². The summed E-state index contributed by atoms with van der Waals surface area (Å²) in [4.78, 5) is 50.4. The van der Waals surface area contributed by atoms with Crippen molar-refractivity contribution in [3.63, 3.8) is 0 Å². The first-order valence-electron chi connectivity index (χ1n) is 11.4. The van der Waals surface area contributed by atoms with E-state index in [1.54, 1.807) is 36.4 Å². The normalized spacial score (nSPS) is 27.4. The van der Waals surface area contributed by atoms with E-state index < -0.39 is 75.8 Å². The van der Waals surface area contributed by atoms with Crippen LogP contribution in [0.25, 0.3) is 17.4 Å². The molecule has 3 aliphatic rings. The Balaban J connectivity index is 1.79. The molecule has 5 rings (SSSR count). The number of ketones is 2. The van der Waals surface area contributed by atoms with E-state index in [0.29, 0.717) is 11.1 Å². The van der Waals surface area contributed by atoms with Crippen LogP contribution < -0.4 is 5.73 Å². The van der Waals surface area contributed by atoms with E-state index in [1.165, 1.54) is 12.1 Å². The average Bonchev–Trinajstić information content (AvgIpc) is 2.90. The lowest BCUT2D eigenvalue weighted by atomic mass is 9.56. The lowest BCUT2D eigenvalue weighted by molar-refractivity contribution is -0.165. The molecule has 11 nitrogen and oxygen atoms in total. The van der Waals surface area contributed by atoms with Crippen molar-refractivity contribution in [3.8, 4) is 11.8 Å². The number of amides is 1. The Morgan fingerprint density at radius 3 is 2.42 bits per heavy atom. The number of allylic oxidation sites excluding steroid dienone is 1. The molecular weight excluding hydrogens is 494 g/mol. The maximum atomic E-state index is 13.8. The fourth-order valence-corrected chi connectivity index (χ4v) is 5.60. The Labute approximate surface area is 214 Å². The molecule has 0 aliphatic heterocycles. The van der Waals surface area contributed by atoms with Crippen LogP contribution in [0.5, 0.6) is 5.75 Å². The number of nitroso groups, excluding NO2 is 1. The molecule has 2 aromatic carbocycles. The minimum Gasteiger partial charge on any atom is -0.507 e. The molecule has 11 heteroatoms. The van der Waals surface area contributed by atoms with Crippen LogP contribution in [-0.2, 0) is 14.4 Å². The first-order valence-corrected chi connectivity index (χ1v) is 11.4. The number of carbonyl (C=O) groups excluding carboxylic acids is 3. The lowest BCUT2D eigenvalue weighted by Crippen LogP contribution is -2.65. The van der Waals surface area contributed by atoms with Gasteiger partial charge in [0.2, 0.25) is 11.6 Å². The third-order valence-electron chi connectivity index (χ3n) is 7.37. The lowest BCUT2D eigenvalue weighted by Gasteiger charge is -2.49. The predicted molar refractivity (Wildman–Crippen MR) is 131 cm³/mol. The van der Waals surface area contributed by atoms with E-state index in [2.05, 4.69) is 5.18 Å². The van der Waals surface area contributed by atoms with Gasteiger partial charge in [0.05, 0.1) is 28.9 Å². The van der Waals surface area contributed by atoms with Gasteiger partial charge in [0.25, 0.3) is 5.91 Å². The maximum Gasteiger partial charge on any atom is 0.254 e. The molecule has 190 valence electrons. The van der Waals surface area contributed by atoms with Crippen molar-refractivity contribution in [3.05, 3.63) is 86.5 Å². The standard InChI is InChI=1S/C27H19N3O8/c28-10-12-6-4-11(5-7-12)8-14-13-2-1-3-17(31)18(13)23(33)21-19(14)22(32)15-9-16(30-38)20(26(29)36)24(34)27(15,37)25(21)35/h1-8,15,19,22,31-33,37H,9H2,(H2,29,36)/b14-8+. The highest BCUT2D eigenvalue weighted by molar-refractivity contribution is 6.33. The van der Waals surface area contributed by atoms with E-state index in [9.17, 15) is 39.7 Å². The maximum absolute atomic E-state index is 13.8. The predicted octanol–water partition coefficient (Wildman–Crippen LogP) is 1.47. The van der Waals surface area contributed by atoms with E-state index in [-0.39, 0.29) is 16.7 Å². The molecule has 3 aliphatic carbocycles. The quantitative estimate of drug-likeness (QED) is 0.228. The van der Waals surface area contributed by atoms with Crippen LogP contribution in [0.4, 0.5) is 0 Å². The number of phenolic OH excluding ortho intramolecular Hbond substituents is 1. The number of nitrogens with zero attached hydrogens (tertiary/aromatic N) is 2. The molecule has 0 bridgehead atoms. The number of benzene rings is 2. The number of fused-ring (bicyclic) bond motifs is 3. The first kappa shape index (κ1) is 24.8. The smallest absolute Gasteiger partial charge is 0.254 e. The summed E-state index contributed by atoms with van der Waals surface area (Å²) in [7, 11) is 0. The second kappa shape index (κ2) is 8.58. The van der Waals surface area contributed by atoms with Crippen LogP contribution >= 0.6 is 0 Å². The zero-order chi connectivity index (χ0) is 27.5. The summed E-state index contributed by atoms with van der Waals surface area (Å²) in [5.41, 5.74) is 1.38. The van der Waals surface area contributed by atoms with Gasteiger partial charge in [-0.25, -0.2) is 0 Å². The van der Waals surface area contributed by atoms with Gasteiger partial charge in [0, 0.05) is 18.3 Å². The SMILES string of the molecule is N#Cc1ccc(/C=C2\c3cccc(O)c3C(O)=C3C(=O)C4(O)C(=O)C(C(N)=O)=C(N=O)CC4C(O)C32)cc1. The van der Waals surface area contributed by atoms with Gasteiger partial charge in [-0.3, -0.25) is 14.4 Å². The zero-order valence-electron chi connectivity index (χ0n) is 19.5. The van der Waals surface area contributed by atoms with Gasteiger partial charge >= 0.3 is 0 Å². The van der Waals surface area contributed by atoms with Crippen molar-refractivity contribution in [1.82, 2.24) is 0 Å². The minimum atomic E-state index is -3.03. The summed E-state index contributed by atoms with van der Waals surface area (Å²) in [6.07, 6.45) is -0.769. The van der Waals surface area contributed by atoms with Crippen molar-refractivity contribution in [1.29, 1.82) is 5.26 Å². The van der Waals surface area contributed by atoms with Crippen LogP contribution in [0.15, 0.2) is 64.5 Å². The molecule has 4 atom stereocenters. The number of aliphatic hydroxyl groups is 3. The third kappa shape index (κ3) is 3.25. The molecule has 4 unspecified atom stereocenters. The Bertz CT molecular complexity index is 1590. The summed E-state index contributed by atoms with van der Waals surface area (Å²) in [6.45, 7) is 0. The number of primary amides is 1. The Hall–Kier alpha value is -4.92. The number of aromatic hydroxyl groups is 1. The van der Waals surface area contributed by atoms with Gasteiger partial charge in [0.1, 0.15) is 22.8 Å². The minimum absolute atomic E-state index is 0.162. The Morgan fingerprint density at radius 2 is 1.82 bits per heavy atom. The molecule has 0 aromatic heterocycles. The van der Waals surface area contributed by atoms with Gasteiger partial charge in [-0.15, -0.1) is 4.91 Å². The summed E-state index contributed by atoms with van der Waals surface area (Å²) >= 11 is 0. The van der Waals surface area contributed by atoms with Crippen molar-refractivity contribution >= 4 is 34.9 Å². The van der Waals surface area contributed by atoms with Gasteiger partial charge in [0.15, 0.2) is 5.60 Å². The Morgan fingerprint density at radius 1 is 1.13 bits per heavy atom. The van der Waals surface area contributed by atoms with E-state index in [1.807, 2.05) is 6.07 Å². The van der Waals surface area contributed by atoms with Crippen molar-refractivity contribution in [2.75, 3.05) is 0 Å². The van der Waals surface area contributed by atoms with Crippen LogP contribution in [0, 0.1) is 28.1 Å². The van der Waals surface area contributed by atoms with Crippen LogP contribution in [0.1, 0.15) is 28.7 Å². The second-order valence-electron chi connectivity index (χ2n) is 9.28. The molecule has 1 saturated carbocycles. The topological polar surface area (TPSA) is 211 Å². The third-order valence-corrected chi connectivity index (χ3v) is 7.37. The molecule has 6 N–H and O–H groups in total. The number of rotatable bonds is 3. The molecule has 0 heterocycles. The zero-order valence-corrected chi connectivity index (χ0v) is 19.5.